The molecule has 0 saturated heterocycles. The Morgan fingerprint density at radius 3 is 2.44 bits per heavy atom. The van der Waals surface area contributed by atoms with Gasteiger partial charge in [0.05, 0.1) is 6.42 Å². The van der Waals surface area contributed by atoms with Crippen molar-refractivity contribution < 1.29 is 14.7 Å². The monoisotopic (exact) mass is 128 g/mol. The van der Waals surface area contributed by atoms with Crippen molar-refractivity contribution in [2.24, 2.45) is 0 Å². The number of hydrogen-bond donors (Lipinski definition) is 1. The van der Waals surface area contributed by atoms with Crippen molar-refractivity contribution in [3.05, 3.63) is 12.2 Å². The minimum atomic E-state index is -0.924. The first kappa shape index (κ1) is 7.88. The lowest BCUT2D eigenvalue weighted by Gasteiger charge is -1.80. The molecule has 0 radical (unpaired) electrons. The molecule has 0 aromatic carbocycles. The van der Waals surface area contributed by atoms with E-state index in [4.69, 9.17) is 5.11 Å². The molecule has 0 amide bonds. The molecule has 0 aromatic heterocycles. The molecule has 0 aliphatic heterocycles. The molecule has 0 atom stereocenters. The van der Waals surface area contributed by atoms with Crippen molar-refractivity contribution in [3.63, 3.8) is 0 Å². The van der Waals surface area contributed by atoms with Crippen LogP contribution in [0.4, 0.5) is 0 Å². The zero-order valence-corrected chi connectivity index (χ0v) is 5.13. The van der Waals surface area contributed by atoms with Gasteiger partial charge in [-0.2, -0.15) is 0 Å². The maximum atomic E-state index is 10.1. The van der Waals surface area contributed by atoms with Crippen LogP contribution in [-0.4, -0.2) is 16.9 Å². The van der Waals surface area contributed by atoms with Crippen LogP contribution in [0.1, 0.15) is 13.3 Å². The molecule has 0 aliphatic carbocycles. The predicted octanol–water partition coefficient (Wildman–Crippen LogP) is 0.606. The summed E-state index contributed by atoms with van der Waals surface area (Å²) >= 11 is 0. The highest BCUT2D eigenvalue weighted by atomic mass is 16.4. The lowest BCUT2D eigenvalue weighted by atomic mass is 10.3. The molecule has 0 spiro atoms. The van der Waals surface area contributed by atoms with Crippen molar-refractivity contribution in [2.45, 2.75) is 13.3 Å². The second-order valence-corrected chi connectivity index (χ2v) is 1.61. The summed E-state index contributed by atoms with van der Waals surface area (Å²) < 4.78 is 0. The Labute approximate surface area is 53.0 Å². The van der Waals surface area contributed by atoms with Gasteiger partial charge in [0.2, 0.25) is 0 Å². The van der Waals surface area contributed by atoms with Crippen LogP contribution >= 0.6 is 0 Å². The molecule has 50 valence electrons. The summed E-state index contributed by atoms with van der Waals surface area (Å²) in [5.41, 5.74) is 0. The van der Waals surface area contributed by atoms with Crippen LogP contribution in [-0.2, 0) is 9.59 Å². The van der Waals surface area contributed by atoms with Gasteiger partial charge in [-0.1, -0.05) is 6.08 Å². The fraction of sp³-hybridized carbons (Fsp3) is 0.333. The Morgan fingerprint density at radius 1 is 1.56 bits per heavy atom. The van der Waals surface area contributed by atoms with Crippen molar-refractivity contribution in [1.82, 2.24) is 0 Å². The zero-order valence-electron chi connectivity index (χ0n) is 5.13. The van der Waals surface area contributed by atoms with Gasteiger partial charge >= 0.3 is 5.97 Å². The van der Waals surface area contributed by atoms with E-state index in [-0.39, 0.29) is 12.2 Å². The van der Waals surface area contributed by atoms with Crippen molar-refractivity contribution in [3.8, 4) is 0 Å². The smallest absolute Gasteiger partial charge is 0.307 e. The molecule has 3 heteroatoms. The summed E-state index contributed by atoms with van der Waals surface area (Å²) in [5, 5.41) is 8.06. The number of rotatable bonds is 3. The third kappa shape index (κ3) is 6.88. The van der Waals surface area contributed by atoms with E-state index in [0.29, 0.717) is 0 Å². The van der Waals surface area contributed by atoms with E-state index in [1.807, 2.05) is 0 Å². The van der Waals surface area contributed by atoms with Gasteiger partial charge in [-0.25, -0.2) is 0 Å². The highest BCUT2D eigenvalue weighted by Crippen LogP contribution is 1.82. The number of carboxylic acid groups (broad SMARTS) is 1. The van der Waals surface area contributed by atoms with E-state index in [1.54, 1.807) is 0 Å². The SMILES string of the molecule is CC(=O)/C=C\CC(=O)O. The van der Waals surface area contributed by atoms with Crippen molar-refractivity contribution in [2.75, 3.05) is 0 Å². The Bertz CT molecular complexity index is 146. The van der Waals surface area contributed by atoms with E-state index in [9.17, 15) is 9.59 Å². The largest absolute Gasteiger partial charge is 0.481 e. The first-order chi connectivity index (χ1) is 4.13. The fourth-order valence-corrected chi connectivity index (χ4v) is 0.326. The van der Waals surface area contributed by atoms with Gasteiger partial charge in [0.1, 0.15) is 0 Å². The number of aliphatic carboxylic acids is 1. The Kier molecular flexibility index (Phi) is 3.35. The van der Waals surface area contributed by atoms with Crippen LogP contribution in [0.25, 0.3) is 0 Å². The highest BCUT2D eigenvalue weighted by molar-refractivity contribution is 5.87. The van der Waals surface area contributed by atoms with Crippen molar-refractivity contribution >= 4 is 11.8 Å². The summed E-state index contributed by atoms with van der Waals surface area (Å²) in [4.78, 5) is 20.0. The van der Waals surface area contributed by atoms with E-state index in [2.05, 4.69) is 0 Å². The minimum Gasteiger partial charge on any atom is -0.481 e. The lowest BCUT2D eigenvalue weighted by Crippen LogP contribution is -1.90. The summed E-state index contributed by atoms with van der Waals surface area (Å²) in [5.74, 6) is -1.05. The average molecular weight is 128 g/mol. The maximum Gasteiger partial charge on any atom is 0.307 e. The molecular weight excluding hydrogens is 120 g/mol. The van der Waals surface area contributed by atoms with Crippen LogP contribution in [0, 0.1) is 0 Å². The van der Waals surface area contributed by atoms with Crippen LogP contribution < -0.4 is 0 Å². The van der Waals surface area contributed by atoms with Crippen LogP contribution in [0.5, 0.6) is 0 Å². The number of carbonyl (C=O) groups excluding carboxylic acids is 1. The molecule has 0 bridgehead atoms. The van der Waals surface area contributed by atoms with E-state index < -0.39 is 5.97 Å². The number of carboxylic acids is 1. The minimum absolute atomic E-state index is 0.0837. The Balaban J connectivity index is 3.48. The summed E-state index contributed by atoms with van der Waals surface area (Å²) in [6.07, 6.45) is 2.48. The molecule has 3 nitrogen and oxygen atoms in total. The number of hydrogen-bond acceptors (Lipinski definition) is 2. The second kappa shape index (κ2) is 3.83. The molecule has 0 rings (SSSR count). The summed E-state index contributed by atoms with van der Waals surface area (Å²) in [6.45, 7) is 1.37. The van der Waals surface area contributed by atoms with E-state index in [0.717, 1.165) is 0 Å². The zero-order chi connectivity index (χ0) is 7.28. The third-order valence-corrected chi connectivity index (χ3v) is 0.645. The topological polar surface area (TPSA) is 54.4 Å². The maximum absolute atomic E-state index is 10.1. The fourth-order valence-electron chi connectivity index (χ4n) is 0.326. The summed E-state index contributed by atoms with van der Waals surface area (Å²) in [6, 6.07) is 0. The molecule has 0 saturated carbocycles. The van der Waals surface area contributed by atoms with Crippen LogP contribution in [0.15, 0.2) is 12.2 Å². The predicted molar refractivity (Wildman–Crippen MR) is 32.1 cm³/mol. The lowest BCUT2D eigenvalue weighted by molar-refractivity contribution is -0.135. The second-order valence-electron chi connectivity index (χ2n) is 1.61. The first-order valence-electron chi connectivity index (χ1n) is 2.52. The number of carbonyl (C=O) groups is 2. The molecule has 1 N–H and O–H groups in total. The quantitative estimate of drug-likeness (QED) is 0.566. The highest BCUT2D eigenvalue weighted by Gasteiger charge is 1.89. The molecule has 0 heterocycles. The van der Waals surface area contributed by atoms with Gasteiger partial charge in [0.25, 0.3) is 0 Å². The van der Waals surface area contributed by atoms with Crippen LogP contribution in [0.2, 0.25) is 0 Å². The van der Waals surface area contributed by atoms with Gasteiger partial charge < -0.3 is 5.11 Å². The molecule has 0 aromatic rings. The van der Waals surface area contributed by atoms with E-state index in [1.165, 1.54) is 19.1 Å². The van der Waals surface area contributed by atoms with Gasteiger partial charge in [-0.05, 0) is 13.0 Å². The Hall–Kier alpha value is -1.12. The van der Waals surface area contributed by atoms with Gasteiger partial charge in [0.15, 0.2) is 5.78 Å². The molecular formula is C6H8O3. The third-order valence-electron chi connectivity index (χ3n) is 0.645. The summed E-state index contributed by atoms with van der Waals surface area (Å²) in [7, 11) is 0. The molecule has 0 aliphatic rings. The van der Waals surface area contributed by atoms with Gasteiger partial charge in [0, 0.05) is 0 Å². The Morgan fingerprint density at radius 2 is 2.11 bits per heavy atom. The van der Waals surface area contributed by atoms with Crippen LogP contribution in [0.3, 0.4) is 0 Å². The standard InChI is InChI=1S/C6H8O3/c1-5(7)3-2-4-6(8)9/h2-3H,4H2,1H3,(H,8,9)/b3-2-. The van der Waals surface area contributed by atoms with Gasteiger partial charge in [-0.3, -0.25) is 9.59 Å². The molecule has 0 unspecified atom stereocenters. The molecule has 9 heavy (non-hydrogen) atoms. The first-order valence-corrected chi connectivity index (χ1v) is 2.52. The number of ketones is 1. The molecule has 0 fully saturated rings. The van der Waals surface area contributed by atoms with Gasteiger partial charge in [-0.15, -0.1) is 0 Å². The van der Waals surface area contributed by atoms with Crippen molar-refractivity contribution in [1.29, 1.82) is 0 Å². The number of allylic oxidation sites excluding steroid dienone is 1. The average Bonchev–Trinajstić information content (AvgIpc) is 1.63. The normalized spacial score (nSPS) is 9.89. The van der Waals surface area contributed by atoms with E-state index >= 15 is 0 Å².